The van der Waals surface area contributed by atoms with E-state index in [-0.39, 0.29) is 17.5 Å². The minimum Gasteiger partial charge on any atom is -0.381 e. The van der Waals surface area contributed by atoms with E-state index in [0.29, 0.717) is 68.0 Å². The minimum atomic E-state index is -0.850. The zero-order valence-corrected chi connectivity index (χ0v) is 21.2. The Hall–Kier alpha value is -3.63. The number of hydrogen-bond donors (Lipinski definition) is 1. The molecule has 10 heteroatoms. The lowest BCUT2D eigenvalue weighted by molar-refractivity contribution is 0.0626. The molecule has 0 atom stereocenters. The number of halogens is 2. The van der Waals surface area contributed by atoms with Crippen LogP contribution in [0.25, 0.3) is 21.8 Å². The first-order chi connectivity index (χ1) is 18.4. The number of aromatic amines is 1. The second-order valence-corrected chi connectivity index (χ2v) is 10.1. The van der Waals surface area contributed by atoms with Gasteiger partial charge in [-0.2, -0.15) is 5.10 Å². The normalized spacial score (nSPS) is 17.5. The van der Waals surface area contributed by atoms with Gasteiger partial charge in [0.15, 0.2) is 11.6 Å². The summed E-state index contributed by atoms with van der Waals surface area (Å²) in [6, 6.07) is 8.06. The standard InChI is InChI=1S/C28H29F2N5O3/c1-17-13-24-21(26-22(27(36)32-24)15-31-35(26)19-5-11-38-12-6-19)14-20(17)28(37)34-9-7-33(8-10-34)16-18-3-2-4-23(29)25(18)30/h2-4,13-15,19H,5-12,16H2,1H3,(H,32,36). The van der Waals surface area contributed by atoms with Crippen molar-refractivity contribution in [2.24, 2.45) is 0 Å². The van der Waals surface area contributed by atoms with Crippen molar-refractivity contribution < 1.29 is 18.3 Å². The van der Waals surface area contributed by atoms with Gasteiger partial charge < -0.3 is 14.6 Å². The number of aryl methyl sites for hydroxylation is 1. The Morgan fingerprint density at radius 3 is 2.63 bits per heavy atom. The number of carbonyl (C=O) groups excluding carboxylic acids is 1. The molecule has 1 amide bonds. The highest BCUT2D eigenvalue weighted by atomic mass is 19.2. The van der Waals surface area contributed by atoms with Crippen LogP contribution in [0, 0.1) is 18.6 Å². The molecule has 4 heterocycles. The van der Waals surface area contributed by atoms with E-state index in [2.05, 4.69) is 10.1 Å². The summed E-state index contributed by atoms with van der Waals surface area (Å²) in [5, 5.41) is 5.85. The molecule has 2 aliphatic heterocycles. The molecule has 8 nitrogen and oxygen atoms in total. The summed E-state index contributed by atoms with van der Waals surface area (Å²) >= 11 is 0. The van der Waals surface area contributed by atoms with Crippen LogP contribution in [0.15, 0.2) is 41.3 Å². The van der Waals surface area contributed by atoms with Crippen LogP contribution in [0.3, 0.4) is 0 Å². The Kier molecular flexibility index (Phi) is 6.45. The van der Waals surface area contributed by atoms with Crippen molar-refractivity contribution in [2.45, 2.75) is 32.4 Å². The first kappa shape index (κ1) is 24.7. The number of H-pyrrole nitrogens is 1. The number of hydrogen-bond acceptors (Lipinski definition) is 5. The maximum atomic E-state index is 14.1. The second kappa shape index (κ2) is 9.92. The summed E-state index contributed by atoms with van der Waals surface area (Å²) in [6.45, 7) is 5.53. The van der Waals surface area contributed by atoms with E-state index in [9.17, 15) is 18.4 Å². The first-order valence-corrected chi connectivity index (χ1v) is 13.0. The Morgan fingerprint density at radius 1 is 1.11 bits per heavy atom. The maximum absolute atomic E-state index is 14.1. The van der Waals surface area contributed by atoms with E-state index in [1.165, 1.54) is 6.07 Å². The fourth-order valence-corrected chi connectivity index (χ4v) is 5.62. The van der Waals surface area contributed by atoms with Crippen molar-refractivity contribution in [3.05, 3.63) is 75.2 Å². The quantitative estimate of drug-likeness (QED) is 0.442. The Balaban J connectivity index is 1.28. The molecule has 0 unspecified atom stereocenters. The maximum Gasteiger partial charge on any atom is 0.259 e. The number of amides is 1. The molecule has 0 radical (unpaired) electrons. The topological polar surface area (TPSA) is 83.5 Å². The number of aromatic nitrogens is 3. The lowest BCUT2D eigenvalue weighted by atomic mass is 10.0. The van der Waals surface area contributed by atoms with Gasteiger partial charge in [0.1, 0.15) is 0 Å². The number of nitrogens with zero attached hydrogens (tertiary/aromatic N) is 4. The van der Waals surface area contributed by atoms with Gasteiger partial charge in [-0.1, -0.05) is 12.1 Å². The molecule has 1 N–H and O–H groups in total. The molecule has 0 aliphatic carbocycles. The van der Waals surface area contributed by atoms with E-state index in [0.717, 1.165) is 35.4 Å². The Bertz CT molecular complexity index is 1580. The lowest BCUT2D eigenvalue weighted by Gasteiger charge is -2.35. The molecule has 2 aromatic heterocycles. The zero-order chi connectivity index (χ0) is 26.4. The fourth-order valence-electron chi connectivity index (χ4n) is 5.62. The molecule has 4 aromatic rings. The third kappa shape index (κ3) is 4.37. The van der Waals surface area contributed by atoms with Crippen molar-refractivity contribution in [3.63, 3.8) is 0 Å². The van der Waals surface area contributed by atoms with Crippen molar-refractivity contribution in [3.8, 4) is 0 Å². The van der Waals surface area contributed by atoms with Crippen LogP contribution in [-0.2, 0) is 11.3 Å². The van der Waals surface area contributed by atoms with Crippen molar-refractivity contribution in [1.29, 1.82) is 0 Å². The number of benzene rings is 2. The van der Waals surface area contributed by atoms with Gasteiger partial charge in [0.25, 0.3) is 11.5 Å². The molecule has 198 valence electrons. The lowest BCUT2D eigenvalue weighted by Crippen LogP contribution is -2.48. The van der Waals surface area contributed by atoms with Crippen LogP contribution in [0.5, 0.6) is 0 Å². The van der Waals surface area contributed by atoms with Crippen LogP contribution >= 0.6 is 0 Å². The smallest absolute Gasteiger partial charge is 0.259 e. The molecule has 38 heavy (non-hydrogen) atoms. The van der Waals surface area contributed by atoms with Gasteiger partial charge in [-0.3, -0.25) is 19.2 Å². The summed E-state index contributed by atoms with van der Waals surface area (Å²) in [7, 11) is 0. The number of carbonyl (C=O) groups is 1. The summed E-state index contributed by atoms with van der Waals surface area (Å²) in [5.74, 6) is -1.75. The van der Waals surface area contributed by atoms with Gasteiger partial charge in [-0.05, 0) is 43.5 Å². The molecule has 6 rings (SSSR count). The van der Waals surface area contributed by atoms with E-state index >= 15 is 0 Å². The molecule has 0 bridgehead atoms. The number of fused-ring (bicyclic) bond motifs is 3. The SMILES string of the molecule is Cc1cc2[nH]c(=O)c3cnn(C4CCOCC4)c3c2cc1C(=O)N1CCN(Cc2cccc(F)c2F)CC1. The van der Waals surface area contributed by atoms with Crippen LogP contribution < -0.4 is 5.56 Å². The Labute approximate surface area is 217 Å². The number of rotatable bonds is 4. The average molecular weight is 522 g/mol. The number of ether oxygens (including phenoxy) is 1. The van der Waals surface area contributed by atoms with E-state index in [1.54, 1.807) is 17.2 Å². The fraction of sp³-hybridized carbons (Fsp3) is 0.393. The molecule has 0 spiro atoms. The van der Waals surface area contributed by atoms with Crippen LogP contribution in [0.2, 0.25) is 0 Å². The number of piperazine rings is 1. The van der Waals surface area contributed by atoms with Crippen LogP contribution in [0.1, 0.15) is 40.4 Å². The summed E-state index contributed by atoms with van der Waals surface area (Å²) < 4.78 is 35.1. The van der Waals surface area contributed by atoms with Crippen molar-refractivity contribution >= 4 is 27.7 Å². The van der Waals surface area contributed by atoms with Gasteiger partial charge in [0, 0.05) is 62.5 Å². The van der Waals surface area contributed by atoms with E-state index in [1.807, 2.05) is 28.6 Å². The van der Waals surface area contributed by atoms with Crippen LogP contribution in [0.4, 0.5) is 8.78 Å². The predicted octanol–water partition coefficient (Wildman–Crippen LogP) is 3.77. The van der Waals surface area contributed by atoms with E-state index < -0.39 is 11.6 Å². The largest absolute Gasteiger partial charge is 0.381 e. The monoisotopic (exact) mass is 521 g/mol. The molecule has 2 fully saturated rings. The minimum absolute atomic E-state index is 0.0857. The summed E-state index contributed by atoms with van der Waals surface area (Å²) in [6.07, 6.45) is 3.23. The van der Waals surface area contributed by atoms with Crippen molar-refractivity contribution in [2.75, 3.05) is 39.4 Å². The van der Waals surface area contributed by atoms with Gasteiger partial charge in [0.05, 0.1) is 28.7 Å². The van der Waals surface area contributed by atoms with Gasteiger partial charge in [0.2, 0.25) is 0 Å². The number of nitrogens with one attached hydrogen (secondary N) is 1. The molecule has 2 aliphatic rings. The molecule has 2 saturated heterocycles. The van der Waals surface area contributed by atoms with Gasteiger partial charge in [-0.15, -0.1) is 0 Å². The Morgan fingerprint density at radius 2 is 1.87 bits per heavy atom. The molecule has 0 saturated carbocycles. The first-order valence-electron chi connectivity index (χ1n) is 13.0. The van der Waals surface area contributed by atoms with Gasteiger partial charge >= 0.3 is 0 Å². The second-order valence-electron chi connectivity index (χ2n) is 10.1. The molecular weight excluding hydrogens is 492 g/mol. The van der Waals surface area contributed by atoms with E-state index in [4.69, 9.17) is 4.74 Å². The third-order valence-corrected chi connectivity index (χ3v) is 7.76. The summed E-state index contributed by atoms with van der Waals surface area (Å²) in [5.41, 5.74) is 2.89. The van der Waals surface area contributed by atoms with Crippen molar-refractivity contribution in [1.82, 2.24) is 24.6 Å². The highest BCUT2D eigenvalue weighted by Gasteiger charge is 2.26. The predicted molar refractivity (Wildman–Crippen MR) is 139 cm³/mol. The van der Waals surface area contributed by atoms with Gasteiger partial charge in [-0.25, -0.2) is 8.78 Å². The summed E-state index contributed by atoms with van der Waals surface area (Å²) in [4.78, 5) is 33.2. The molecular formula is C28H29F2N5O3. The highest BCUT2D eigenvalue weighted by molar-refractivity contribution is 6.07. The van der Waals surface area contributed by atoms with Crippen LogP contribution in [-0.4, -0.2) is 69.9 Å². The highest BCUT2D eigenvalue weighted by Crippen LogP contribution is 2.30. The number of pyridine rings is 1. The average Bonchev–Trinajstić information content (AvgIpc) is 3.38. The molecule has 2 aromatic carbocycles. The third-order valence-electron chi connectivity index (χ3n) is 7.76. The zero-order valence-electron chi connectivity index (χ0n) is 21.2.